The first-order valence-electron chi connectivity index (χ1n) is 6.36. The van der Waals surface area contributed by atoms with Crippen LogP contribution in [-0.2, 0) is 4.74 Å². The van der Waals surface area contributed by atoms with Gasteiger partial charge in [-0.05, 0) is 43.5 Å². The van der Waals surface area contributed by atoms with Crippen molar-refractivity contribution in [3.8, 4) is 0 Å². The molecular weight excluding hydrogens is 269 g/mol. The van der Waals surface area contributed by atoms with Gasteiger partial charge in [-0.1, -0.05) is 36.2 Å². The minimum absolute atomic E-state index is 0.335. The quantitative estimate of drug-likeness (QED) is 0.714. The first-order valence-corrected chi connectivity index (χ1v) is 7.12. The lowest BCUT2D eigenvalue weighted by Gasteiger charge is -2.18. The van der Waals surface area contributed by atoms with Crippen LogP contribution in [0.15, 0.2) is 18.2 Å². The van der Waals surface area contributed by atoms with Crippen LogP contribution in [0, 0.1) is 0 Å². The Morgan fingerprint density at radius 1 is 1.22 bits per heavy atom. The van der Waals surface area contributed by atoms with Crippen molar-refractivity contribution in [1.82, 2.24) is 5.32 Å². The maximum atomic E-state index is 6.04. The Kier molecular flexibility index (Phi) is 7.68. The fourth-order valence-corrected chi connectivity index (χ4v) is 2.18. The van der Waals surface area contributed by atoms with E-state index in [1.165, 1.54) is 5.56 Å². The molecule has 0 radical (unpaired) electrons. The lowest BCUT2D eigenvalue weighted by molar-refractivity contribution is 0.192. The molecule has 0 fully saturated rings. The summed E-state index contributed by atoms with van der Waals surface area (Å²) in [6, 6.07) is 6.17. The molecule has 0 aromatic heterocycles. The summed E-state index contributed by atoms with van der Waals surface area (Å²) in [5, 5.41) is 4.76. The van der Waals surface area contributed by atoms with Crippen LogP contribution in [0.1, 0.15) is 37.8 Å². The molecule has 1 atom stereocenters. The zero-order chi connectivity index (χ0) is 13.4. The average molecular weight is 290 g/mol. The summed E-state index contributed by atoms with van der Waals surface area (Å²) in [6.07, 6.45) is 3.23. The van der Waals surface area contributed by atoms with Gasteiger partial charge >= 0.3 is 0 Å². The first kappa shape index (κ1) is 15.8. The maximum absolute atomic E-state index is 6.04. The lowest BCUT2D eigenvalue weighted by Crippen LogP contribution is -2.22. The minimum atomic E-state index is 0.335. The number of methoxy groups -OCH3 is 1. The predicted molar refractivity (Wildman–Crippen MR) is 78.6 cm³/mol. The second kappa shape index (κ2) is 8.76. The first-order chi connectivity index (χ1) is 8.69. The molecule has 1 unspecified atom stereocenters. The van der Waals surface area contributed by atoms with E-state index < -0.39 is 0 Å². The van der Waals surface area contributed by atoms with Gasteiger partial charge in [0.15, 0.2) is 0 Å². The Morgan fingerprint density at radius 2 is 2.00 bits per heavy atom. The number of ether oxygens (including phenoxy) is 1. The van der Waals surface area contributed by atoms with Gasteiger partial charge in [-0.2, -0.15) is 0 Å². The molecule has 0 spiro atoms. The van der Waals surface area contributed by atoms with Gasteiger partial charge in [-0.3, -0.25) is 0 Å². The van der Waals surface area contributed by atoms with Crippen molar-refractivity contribution in [3.05, 3.63) is 33.8 Å². The van der Waals surface area contributed by atoms with Crippen molar-refractivity contribution in [1.29, 1.82) is 0 Å². The molecule has 0 saturated carbocycles. The van der Waals surface area contributed by atoms with Crippen LogP contribution in [0.2, 0.25) is 10.0 Å². The summed E-state index contributed by atoms with van der Waals surface area (Å²) in [7, 11) is 1.73. The van der Waals surface area contributed by atoms with Gasteiger partial charge in [0.1, 0.15) is 0 Å². The Morgan fingerprint density at radius 3 is 2.61 bits per heavy atom. The van der Waals surface area contributed by atoms with Gasteiger partial charge in [0.05, 0.1) is 10.0 Å². The number of hydrogen-bond acceptors (Lipinski definition) is 2. The van der Waals surface area contributed by atoms with E-state index in [1.54, 1.807) is 7.11 Å². The van der Waals surface area contributed by atoms with Crippen molar-refractivity contribution in [2.75, 3.05) is 20.3 Å². The van der Waals surface area contributed by atoms with Crippen LogP contribution in [-0.4, -0.2) is 20.3 Å². The maximum Gasteiger partial charge on any atom is 0.0595 e. The molecule has 4 heteroatoms. The van der Waals surface area contributed by atoms with Gasteiger partial charge in [0.2, 0.25) is 0 Å². The van der Waals surface area contributed by atoms with E-state index in [4.69, 9.17) is 27.9 Å². The summed E-state index contributed by atoms with van der Waals surface area (Å²) in [5.74, 6) is 0. The molecule has 1 aromatic rings. The largest absolute Gasteiger partial charge is 0.385 e. The molecule has 1 rings (SSSR count). The smallest absolute Gasteiger partial charge is 0.0595 e. The monoisotopic (exact) mass is 289 g/mol. The highest BCUT2D eigenvalue weighted by Crippen LogP contribution is 2.26. The summed E-state index contributed by atoms with van der Waals surface area (Å²) >= 11 is 12.0. The molecule has 0 amide bonds. The second-order valence-corrected chi connectivity index (χ2v) is 5.10. The molecule has 0 saturated heterocycles. The van der Waals surface area contributed by atoms with Crippen molar-refractivity contribution in [3.63, 3.8) is 0 Å². The Bertz CT molecular complexity index is 358. The highest BCUT2D eigenvalue weighted by Gasteiger charge is 2.09. The fourth-order valence-electron chi connectivity index (χ4n) is 1.87. The third kappa shape index (κ3) is 5.15. The highest BCUT2D eigenvalue weighted by atomic mass is 35.5. The normalized spacial score (nSPS) is 12.7. The zero-order valence-corrected chi connectivity index (χ0v) is 12.5. The van der Waals surface area contributed by atoms with Crippen molar-refractivity contribution >= 4 is 23.2 Å². The molecule has 0 aliphatic heterocycles. The van der Waals surface area contributed by atoms with E-state index in [9.17, 15) is 0 Å². The molecule has 0 heterocycles. The molecule has 18 heavy (non-hydrogen) atoms. The standard InChI is InChI=1S/C14H21Cl2NO/c1-3-14(17-8-4-5-9-18-2)11-6-7-12(15)13(16)10-11/h6-7,10,14,17H,3-5,8-9H2,1-2H3. The van der Waals surface area contributed by atoms with Crippen LogP contribution in [0.25, 0.3) is 0 Å². The topological polar surface area (TPSA) is 21.3 Å². The van der Waals surface area contributed by atoms with E-state index in [2.05, 4.69) is 12.2 Å². The fraction of sp³-hybridized carbons (Fsp3) is 0.571. The van der Waals surface area contributed by atoms with Crippen LogP contribution < -0.4 is 5.32 Å². The SMILES string of the molecule is CCC(NCCCCOC)c1ccc(Cl)c(Cl)c1. The summed E-state index contributed by atoms with van der Waals surface area (Å²) in [5.41, 5.74) is 1.19. The van der Waals surface area contributed by atoms with Crippen LogP contribution in [0.3, 0.4) is 0 Å². The van der Waals surface area contributed by atoms with Gasteiger partial charge in [-0.25, -0.2) is 0 Å². The number of benzene rings is 1. The zero-order valence-electron chi connectivity index (χ0n) is 11.0. The van der Waals surface area contributed by atoms with E-state index in [0.717, 1.165) is 32.4 Å². The molecule has 0 bridgehead atoms. The number of rotatable bonds is 8. The average Bonchev–Trinajstić information content (AvgIpc) is 2.37. The second-order valence-electron chi connectivity index (χ2n) is 4.29. The number of halogens is 2. The van der Waals surface area contributed by atoms with Gasteiger partial charge in [0, 0.05) is 19.8 Å². The van der Waals surface area contributed by atoms with Crippen LogP contribution in [0.5, 0.6) is 0 Å². The van der Waals surface area contributed by atoms with E-state index >= 15 is 0 Å². The minimum Gasteiger partial charge on any atom is -0.385 e. The van der Waals surface area contributed by atoms with Gasteiger partial charge in [0.25, 0.3) is 0 Å². The van der Waals surface area contributed by atoms with E-state index in [0.29, 0.717) is 16.1 Å². The van der Waals surface area contributed by atoms with Gasteiger partial charge < -0.3 is 10.1 Å². The summed E-state index contributed by atoms with van der Waals surface area (Å²) in [6.45, 7) is 3.97. The summed E-state index contributed by atoms with van der Waals surface area (Å²) in [4.78, 5) is 0. The molecule has 0 aliphatic carbocycles. The Labute approximate surface area is 120 Å². The van der Waals surface area contributed by atoms with Crippen molar-refractivity contribution in [2.24, 2.45) is 0 Å². The van der Waals surface area contributed by atoms with Gasteiger partial charge in [-0.15, -0.1) is 0 Å². The lowest BCUT2D eigenvalue weighted by atomic mass is 10.0. The summed E-state index contributed by atoms with van der Waals surface area (Å²) < 4.78 is 5.03. The van der Waals surface area contributed by atoms with Crippen LogP contribution >= 0.6 is 23.2 Å². The van der Waals surface area contributed by atoms with Crippen molar-refractivity contribution < 1.29 is 4.74 Å². The Balaban J connectivity index is 2.47. The number of nitrogens with one attached hydrogen (secondary N) is 1. The molecule has 1 aromatic carbocycles. The van der Waals surface area contributed by atoms with E-state index in [-0.39, 0.29) is 0 Å². The number of hydrogen-bond donors (Lipinski definition) is 1. The van der Waals surface area contributed by atoms with E-state index in [1.807, 2.05) is 18.2 Å². The molecule has 2 nitrogen and oxygen atoms in total. The molecular formula is C14H21Cl2NO. The van der Waals surface area contributed by atoms with Crippen LogP contribution in [0.4, 0.5) is 0 Å². The Hall–Kier alpha value is -0.280. The highest BCUT2D eigenvalue weighted by molar-refractivity contribution is 6.42. The molecule has 0 aliphatic rings. The third-order valence-electron chi connectivity index (χ3n) is 2.92. The predicted octanol–water partition coefficient (Wildman–Crippen LogP) is 4.46. The number of unbranched alkanes of at least 4 members (excludes halogenated alkanes) is 1. The third-order valence-corrected chi connectivity index (χ3v) is 3.66. The van der Waals surface area contributed by atoms with Crippen molar-refractivity contribution in [2.45, 2.75) is 32.2 Å². The molecule has 1 N–H and O–H groups in total. The molecule has 102 valence electrons.